The second kappa shape index (κ2) is 9.79. The van der Waals surface area contributed by atoms with Gasteiger partial charge in [0.2, 0.25) is 0 Å². The molecule has 2 heterocycles. The molecule has 0 saturated carbocycles. The number of halogens is 1. The van der Waals surface area contributed by atoms with Gasteiger partial charge in [-0.2, -0.15) is 0 Å². The lowest BCUT2D eigenvalue weighted by atomic mass is 10.0. The van der Waals surface area contributed by atoms with E-state index in [1.807, 2.05) is 18.2 Å². The van der Waals surface area contributed by atoms with Crippen molar-refractivity contribution in [2.75, 3.05) is 11.9 Å². The molecule has 0 bridgehead atoms. The number of pyridine rings is 1. The molecule has 33 heavy (non-hydrogen) atoms. The normalized spacial score (nSPS) is 13.0. The van der Waals surface area contributed by atoms with Crippen molar-refractivity contribution in [2.45, 2.75) is 25.4 Å². The van der Waals surface area contributed by atoms with Crippen molar-refractivity contribution >= 4 is 29.3 Å². The van der Waals surface area contributed by atoms with Gasteiger partial charge in [0.15, 0.2) is 0 Å². The minimum absolute atomic E-state index is 0.0680. The van der Waals surface area contributed by atoms with Gasteiger partial charge in [0.05, 0.1) is 25.6 Å². The maximum atomic E-state index is 12.9. The van der Waals surface area contributed by atoms with E-state index in [2.05, 4.69) is 10.6 Å². The minimum Gasteiger partial charge on any atom is -0.493 e. The molecule has 0 spiro atoms. The number of anilines is 1. The van der Waals surface area contributed by atoms with E-state index in [0.717, 1.165) is 23.3 Å². The van der Waals surface area contributed by atoms with Crippen molar-refractivity contribution < 1.29 is 19.4 Å². The molecule has 1 atom stereocenters. The molecule has 2 amide bonds. The van der Waals surface area contributed by atoms with E-state index < -0.39 is 23.6 Å². The third-order valence-corrected chi connectivity index (χ3v) is 5.74. The van der Waals surface area contributed by atoms with Crippen molar-refractivity contribution in [2.24, 2.45) is 0 Å². The van der Waals surface area contributed by atoms with Gasteiger partial charge in [-0.25, -0.2) is 4.79 Å². The first-order chi connectivity index (χ1) is 15.9. The number of carboxylic acid groups (broad SMARTS) is 1. The number of benzene rings is 2. The fourth-order valence-electron chi connectivity index (χ4n) is 3.73. The van der Waals surface area contributed by atoms with E-state index in [0.29, 0.717) is 17.2 Å². The van der Waals surface area contributed by atoms with Gasteiger partial charge in [-0.15, -0.1) is 0 Å². The average Bonchev–Trinajstić information content (AvgIpc) is 3.25. The maximum absolute atomic E-state index is 12.9. The molecule has 8 nitrogen and oxygen atoms in total. The molecule has 1 aliphatic rings. The van der Waals surface area contributed by atoms with Crippen LogP contribution in [0, 0.1) is 0 Å². The second-order valence-corrected chi connectivity index (χ2v) is 8.07. The highest BCUT2D eigenvalue weighted by Crippen LogP contribution is 2.29. The van der Waals surface area contributed by atoms with Crippen molar-refractivity contribution in [3.63, 3.8) is 0 Å². The van der Waals surface area contributed by atoms with Crippen LogP contribution in [0.15, 0.2) is 65.6 Å². The van der Waals surface area contributed by atoms with E-state index in [1.54, 1.807) is 36.5 Å². The predicted octanol–water partition coefficient (Wildman–Crippen LogP) is 3.82. The Morgan fingerprint density at radius 2 is 1.97 bits per heavy atom. The summed E-state index contributed by atoms with van der Waals surface area (Å²) in [6, 6.07) is 14.2. The molecule has 3 aromatic rings. The molecule has 4 rings (SSSR count). The summed E-state index contributed by atoms with van der Waals surface area (Å²) in [5, 5.41) is 15.1. The van der Waals surface area contributed by atoms with Gasteiger partial charge < -0.3 is 25.0 Å². The van der Waals surface area contributed by atoms with Gasteiger partial charge >= 0.3 is 12.0 Å². The molecule has 0 radical (unpaired) electrons. The van der Waals surface area contributed by atoms with E-state index in [4.69, 9.17) is 16.3 Å². The summed E-state index contributed by atoms with van der Waals surface area (Å²) in [5.74, 6) is -0.292. The molecule has 2 aromatic carbocycles. The number of nitrogens with one attached hydrogen (secondary N) is 2. The van der Waals surface area contributed by atoms with Gasteiger partial charge in [0.25, 0.3) is 5.56 Å². The van der Waals surface area contributed by atoms with Crippen LogP contribution in [0.25, 0.3) is 0 Å². The van der Waals surface area contributed by atoms with Crippen molar-refractivity contribution in [1.29, 1.82) is 0 Å². The molecule has 3 N–H and O–H groups in total. The lowest BCUT2D eigenvalue weighted by Gasteiger charge is -2.19. The van der Waals surface area contributed by atoms with Gasteiger partial charge in [0, 0.05) is 17.6 Å². The third-order valence-electron chi connectivity index (χ3n) is 5.37. The van der Waals surface area contributed by atoms with Gasteiger partial charge in [-0.05, 0) is 47.0 Å². The van der Waals surface area contributed by atoms with E-state index >= 15 is 0 Å². The Bertz CT molecular complexity index is 1260. The number of amides is 2. The number of rotatable bonds is 7. The standard InChI is InChI=1S/C24H22ClN3O5/c25-18-5-2-1-4-17(18)14-28-10-3-6-19(23(28)31)26-24(32)27-20(13-22(29)30)15-7-8-21-16(12-15)9-11-33-21/h1-8,10,12,20H,9,11,13-14H2,(H,29,30)(H2,26,27,32)/t20-/m0/s1. The summed E-state index contributed by atoms with van der Waals surface area (Å²) in [5.41, 5.74) is 2.05. The highest BCUT2D eigenvalue weighted by molar-refractivity contribution is 6.31. The number of carbonyl (C=O) groups is 2. The summed E-state index contributed by atoms with van der Waals surface area (Å²) < 4.78 is 6.92. The van der Waals surface area contributed by atoms with Crippen LogP contribution in [0.1, 0.15) is 29.2 Å². The average molecular weight is 468 g/mol. The topological polar surface area (TPSA) is 110 Å². The zero-order chi connectivity index (χ0) is 23.4. The number of carbonyl (C=O) groups excluding carboxylic acids is 1. The quantitative estimate of drug-likeness (QED) is 0.489. The lowest BCUT2D eigenvalue weighted by molar-refractivity contribution is -0.137. The Labute approximate surface area is 194 Å². The molecule has 0 aliphatic carbocycles. The number of urea groups is 1. The second-order valence-electron chi connectivity index (χ2n) is 7.66. The summed E-state index contributed by atoms with van der Waals surface area (Å²) in [7, 11) is 0. The number of fused-ring (bicyclic) bond motifs is 1. The Morgan fingerprint density at radius 1 is 1.15 bits per heavy atom. The zero-order valence-electron chi connectivity index (χ0n) is 17.6. The fourth-order valence-corrected chi connectivity index (χ4v) is 3.93. The lowest BCUT2D eigenvalue weighted by Crippen LogP contribution is -2.36. The van der Waals surface area contributed by atoms with Crippen LogP contribution in [0.4, 0.5) is 10.5 Å². The van der Waals surface area contributed by atoms with Gasteiger partial charge in [0.1, 0.15) is 11.4 Å². The number of aromatic nitrogens is 1. The fraction of sp³-hybridized carbons (Fsp3) is 0.208. The molecule has 1 aromatic heterocycles. The van der Waals surface area contributed by atoms with Gasteiger partial charge in [-0.1, -0.05) is 35.9 Å². The first kappa shape index (κ1) is 22.4. The molecular formula is C24H22ClN3O5. The van der Waals surface area contributed by atoms with E-state index in [-0.39, 0.29) is 18.7 Å². The largest absolute Gasteiger partial charge is 0.493 e. The van der Waals surface area contributed by atoms with Crippen molar-refractivity contribution in [3.05, 3.63) is 92.9 Å². The molecular weight excluding hydrogens is 446 g/mol. The molecule has 0 saturated heterocycles. The van der Waals surface area contributed by atoms with Crippen LogP contribution in [0.2, 0.25) is 5.02 Å². The summed E-state index contributed by atoms with van der Waals surface area (Å²) in [6.07, 6.45) is 2.03. The first-order valence-corrected chi connectivity index (χ1v) is 10.8. The molecule has 1 aliphatic heterocycles. The van der Waals surface area contributed by atoms with Crippen LogP contribution < -0.4 is 20.9 Å². The van der Waals surface area contributed by atoms with E-state index in [9.17, 15) is 19.5 Å². The smallest absolute Gasteiger partial charge is 0.319 e. The summed E-state index contributed by atoms with van der Waals surface area (Å²) in [4.78, 5) is 36.9. The number of hydrogen-bond donors (Lipinski definition) is 3. The number of aliphatic carboxylic acids is 1. The molecule has 0 fully saturated rings. The molecule has 9 heteroatoms. The first-order valence-electron chi connectivity index (χ1n) is 10.4. The Kier molecular flexibility index (Phi) is 6.65. The Hall–Kier alpha value is -3.78. The number of nitrogens with zero attached hydrogens (tertiary/aromatic N) is 1. The number of carboxylic acids is 1. The summed E-state index contributed by atoms with van der Waals surface area (Å²) >= 11 is 6.19. The molecule has 0 unspecified atom stereocenters. The Balaban J connectivity index is 1.50. The highest BCUT2D eigenvalue weighted by atomic mass is 35.5. The molecule has 170 valence electrons. The maximum Gasteiger partial charge on any atom is 0.319 e. The monoisotopic (exact) mass is 467 g/mol. The van der Waals surface area contributed by atoms with Crippen molar-refractivity contribution in [3.8, 4) is 5.75 Å². The highest BCUT2D eigenvalue weighted by Gasteiger charge is 2.21. The third kappa shape index (κ3) is 5.35. The predicted molar refractivity (Wildman–Crippen MR) is 124 cm³/mol. The number of ether oxygens (including phenoxy) is 1. The SMILES string of the molecule is O=C(O)C[C@H](NC(=O)Nc1cccn(Cc2ccccc2Cl)c1=O)c1ccc2c(c1)CCO2. The summed E-state index contributed by atoms with van der Waals surface area (Å²) in [6.45, 7) is 0.819. The number of hydrogen-bond acceptors (Lipinski definition) is 4. The van der Waals surface area contributed by atoms with Crippen molar-refractivity contribution in [1.82, 2.24) is 9.88 Å². The van der Waals surface area contributed by atoms with Crippen LogP contribution >= 0.6 is 11.6 Å². The Morgan fingerprint density at radius 3 is 2.76 bits per heavy atom. The zero-order valence-corrected chi connectivity index (χ0v) is 18.3. The van der Waals surface area contributed by atoms with Crippen LogP contribution in [-0.2, 0) is 17.8 Å². The van der Waals surface area contributed by atoms with Crippen LogP contribution in [-0.4, -0.2) is 28.3 Å². The minimum atomic E-state index is -1.06. The van der Waals surface area contributed by atoms with E-state index in [1.165, 1.54) is 10.6 Å². The van der Waals surface area contributed by atoms with Crippen LogP contribution in [0.3, 0.4) is 0 Å². The van der Waals surface area contributed by atoms with Crippen LogP contribution in [0.5, 0.6) is 5.75 Å². The van der Waals surface area contributed by atoms with Gasteiger partial charge in [-0.3, -0.25) is 9.59 Å².